The first-order valence-corrected chi connectivity index (χ1v) is 9.33. The number of aryl methyl sites for hydroxylation is 1. The van der Waals surface area contributed by atoms with Gasteiger partial charge < -0.3 is 0 Å². The zero-order valence-corrected chi connectivity index (χ0v) is 15.4. The molecule has 26 heavy (non-hydrogen) atoms. The lowest BCUT2D eigenvalue weighted by molar-refractivity contribution is 0.0981. The normalized spacial score (nSPS) is 11.3. The summed E-state index contributed by atoms with van der Waals surface area (Å²) in [4.78, 5) is 12.4. The Balaban J connectivity index is 1.91. The summed E-state index contributed by atoms with van der Waals surface area (Å²) in [5.41, 5.74) is 1.06. The molecule has 10 heteroatoms. The van der Waals surface area contributed by atoms with Gasteiger partial charge in [0.1, 0.15) is 0 Å². The lowest BCUT2D eigenvalue weighted by Gasteiger charge is -2.11. The van der Waals surface area contributed by atoms with Crippen molar-refractivity contribution in [3.05, 3.63) is 64.4 Å². The van der Waals surface area contributed by atoms with Crippen LogP contribution in [0, 0.1) is 13.8 Å². The summed E-state index contributed by atoms with van der Waals surface area (Å²) in [5.74, 6) is -0.235. The standard InChI is InChI=1S/C16H14ClN5O3S/c1-10-14(17)7-4-8-15(10)26(24,25)19-16(23)12-5-3-6-13(9-12)22-11(2)18-20-21-22/h3-9H,1-2H3,(H,19,23). The number of hydrogen-bond acceptors (Lipinski definition) is 6. The van der Waals surface area contributed by atoms with Crippen LogP contribution in [-0.4, -0.2) is 34.5 Å². The van der Waals surface area contributed by atoms with Gasteiger partial charge in [0, 0.05) is 10.6 Å². The molecule has 0 bridgehead atoms. The number of hydrogen-bond donors (Lipinski definition) is 1. The van der Waals surface area contributed by atoms with Crippen LogP contribution in [-0.2, 0) is 10.0 Å². The molecule has 8 nitrogen and oxygen atoms in total. The third kappa shape index (κ3) is 3.44. The summed E-state index contributed by atoms with van der Waals surface area (Å²) in [6.07, 6.45) is 0. The summed E-state index contributed by atoms with van der Waals surface area (Å²) in [5, 5.41) is 11.4. The Morgan fingerprint density at radius 3 is 2.58 bits per heavy atom. The smallest absolute Gasteiger partial charge is 0.265 e. The van der Waals surface area contributed by atoms with E-state index in [-0.39, 0.29) is 10.5 Å². The average molecular weight is 392 g/mol. The highest BCUT2D eigenvalue weighted by Crippen LogP contribution is 2.23. The predicted molar refractivity (Wildman–Crippen MR) is 94.7 cm³/mol. The zero-order chi connectivity index (χ0) is 18.9. The average Bonchev–Trinajstić information content (AvgIpc) is 3.03. The van der Waals surface area contributed by atoms with Gasteiger partial charge in [-0.3, -0.25) is 4.79 Å². The molecule has 3 aromatic rings. The van der Waals surface area contributed by atoms with E-state index in [1.165, 1.54) is 28.9 Å². The van der Waals surface area contributed by atoms with Crippen LogP contribution in [0.2, 0.25) is 5.02 Å². The molecule has 1 heterocycles. The van der Waals surface area contributed by atoms with Crippen molar-refractivity contribution in [3.63, 3.8) is 0 Å². The molecule has 134 valence electrons. The Hall–Kier alpha value is -2.78. The molecule has 0 radical (unpaired) electrons. The quantitative estimate of drug-likeness (QED) is 0.729. The van der Waals surface area contributed by atoms with Crippen LogP contribution < -0.4 is 4.72 Å². The van der Waals surface area contributed by atoms with Gasteiger partial charge in [0.2, 0.25) is 0 Å². The second kappa shape index (κ2) is 6.85. The number of nitrogens with zero attached hydrogens (tertiary/aromatic N) is 4. The Labute approximate surface area is 154 Å². The van der Waals surface area contributed by atoms with Crippen molar-refractivity contribution in [2.45, 2.75) is 18.7 Å². The van der Waals surface area contributed by atoms with Crippen molar-refractivity contribution < 1.29 is 13.2 Å². The first-order chi connectivity index (χ1) is 12.3. The van der Waals surface area contributed by atoms with Gasteiger partial charge in [-0.05, 0) is 60.2 Å². The highest BCUT2D eigenvalue weighted by atomic mass is 35.5. The first-order valence-electron chi connectivity index (χ1n) is 7.47. The van der Waals surface area contributed by atoms with E-state index in [1.807, 2.05) is 0 Å². The molecule has 1 N–H and O–H groups in total. The molecule has 0 spiro atoms. The van der Waals surface area contributed by atoms with Crippen molar-refractivity contribution in [3.8, 4) is 5.69 Å². The molecule has 1 amide bonds. The van der Waals surface area contributed by atoms with Crippen molar-refractivity contribution >= 4 is 27.5 Å². The van der Waals surface area contributed by atoms with Crippen LogP contribution in [0.4, 0.5) is 0 Å². The molecule has 0 fully saturated rings. The monoisotopic (exact) mass is 391 g/mol. The van der Waals surface area contributed by atoms with Crippen molar-refractivity contribution in [1.82, 2.24) is 24.9 Å². The van der Waals surface area contributed by atoms with Gasteiger partial charge in [0.25, 0.3) is 15.9 Å². The lowest BCUT2D eigenvalue weighted by Crippen LogP contribution is -2.31. The predicted octanol–water partition coefficient (Wildman–Crippen LogP) is 2.05. The maximum atomic E-state index is 12.5. The Morgan fingerprint density at radius 2 is 1.88 bits per heavy atom. The number of nitrogens with one attached hydrogen (secondary N) is 1. The molecule has 3 rings (SSSR count). The summed E-state index contributed by atoms with van der Waals surface area (Å²) in [6.45, 7) is 3.28. The molecular formula is C16H14ClN5O3S. The molecule has 2 aromatic carbocycles. The minimum atomic E-state index is -4.07. The minimum Gasteiger partial charge on any atom is -0.268 e. The number of amides is 1. The van der Waals surface area contributed by atoms with Gasteiger partial charge in [-0.15, -0.1) is 5.10 Å². The largest absolute Gasteiger partial charge is 0.268 e. The first kappa shape index (κ1) is 18.0. The van der Waals surface area contributed by atoms with E-state index in [1.54, 1.807) is 32.0 Å². The number of halogens is 1. The molecule has 0 aliphatic carbocycles. The fourth-order valence-corrected chi connectivity index (χ4v) is 3.84. The minimum absolute atomic E-state index is 0.0502. The third-order valence-electron chi connectivity index (χ3n) is 3.71. The second-order valence-electron chi connectivity index (χ2n) is 5.49. The van der Waals surface area contributed by atoms with Gasteiger partial charge in [-0.1, -0.05) is 23.7 Å². The fraction of sp³-hybridized carbons (Fsp3) is 0.125. The SMILES string of the molecule is Cc1c(Cl)cccc1S(=O)(=O)NC(=O)c1cccc(-n2nnnc2C)c1. The molecule has 0 saturated heterocycles. The van der Waals surface area contributed by atoms with E-state index in [9.17, 15) is 13.2 Å². The van der Waals surface area contributed by atoms with Crippen molar-refractivity contribution in [2.75, 3.05) is 0 Å². The van der Waals surface area contributed by atoms with E-state index < -0.39 is 15.9 Å². The Morgan fingerprint density at radius 1 is 1.15 bits per heavy atom. The number of carbonyl (C=O) groups excluding carboxylic acids is 1. The van der Waals surface area contributed by atoms with Crippen LogP contribution >= 0.6 is 11.6 Å². The number of rotatable bonds is 4. The van der Waals surface area contributed by atoms with Gasteiger partial charge in [-0.25, -0.2) is 13.1 Å². The number of benzene rings is 2. The maximum absolute atomic E-state index is 12.5. The summed E-state index contributed by atoms with van der Waals surface area (Å²) < 4.78 is 28.6. The van der Waals surface area contributed by atoms with Gasteiger partial charge in [-0.2, -0.15) is 4.68 Å². The van der Waals surface area contributed by atoms with Gasteiger partial charge in [0.15, 0.2) is 5.82 Å². The number of tetrazole rings is 1. The number of carbonyl (C=O) groups is 1. The lowest BCUT2D eigenvalue weighted by atomic mass is 10.2. The van der Waals surface area contributed by atoms with Crippen LogP contribution in [0.5, 0.6) is 0 Å². The van der Waals surface area contributed by atoms with Crippen molar-refractivity contribution in [1.29, 1.82) is 0 Å². The molecule has 0 atom stereocenters. The van der Waals surface area contributed by atoms with E-state index in [0.29, 0.717) is 22.1 Å². The van der Waals surface area contributed by atoms with Gasteiger partial charge in [0.05, 0.1) is 10.6 Å². The van der Waals surface area contributed by atoms with E-state index in [4.69, 9.17) is 11.6 Å². The van der Waals surface area contributed by atoms with Crippen LogP contribution in [0.25, 0.3) is 5.69 Å². The van der Waals surface area contributed by atoms with E-state index >= 15 is 0 Å². The number of sulfonamides is 1. The van der Waals surface area contributed by atoms with E-state index in [0.717, 1.165) is 0 Å². The molecule has 0 aliphatic heterocycles. The van der Waals surface area contributed by atoms with Gasteiger partial charge >= 0.3 is 0 Å². The molecule has 0 saturated carbocycles. The molecular weight excluding hydrogens is 378 g/mol. The summed E-state index contributed by atoms with van der Waals surface area (Å²) in [6, 6.07) is 10.8. The van der Waals surface area contributed by atoms with Crippen molar-refractivity contribution in [2.24, 2.45) is 0 Å². The van der Waals surface area contributed by atoms with E-state index in [2.05, 4.69) is 20.2 Å². The Bertz CT molecular complexity index is 1090. The summed E-state index contributed by atoms with van der Waals surface area (Å²) in [7, 11) is -4.07. The Kier molecular flexibility index (Phi) is 4.75. The summed E-state index contributed by atoms with van der Waals surface area (Å²) >= 11 is 5.97. The third-order valence-corrected chi connectivity index (χ3v) is 5.60. The fourth-order valence-electron chi connectivity index (χ4n) is 2.36. The zero-order valence-electron chi connectivity index (χ0n) is 13.8. The number of aromatic nitrogens is 4. The van der Waals surface area contributed by atoms with Crippen LogP contribution in [0.15, 0.2) is 47.4 Å². The van der Waals surface area contributed by atoms with Crippen LogP contribution in [0.3, 0.4) is 0 Å². The van der Waals surface area contributed by atoms with Crippen LogP contribution in [0.1, 0.15) is 21.7 Å². The highest BCUT2D eigenvalue weighted by Gasteiger charge is 2.22. The second-order valence-corrected chi connectivity index (χ2v) is 7.54. The molecule has 0 aliphatic rings. The maximum Gasteiger partial charge on any atom is 0.265 e. The highest BCUT2D eigenvalue weighted by molar-refractivity contribution is 7.90. The molecule has 1 aromatic heterocycles. The topological polar surface area (TPSA) is 107 Å². The molecule has 0 unspecified atom stereocenters.